The molecule has 1 aromatic carbocycles. The molecular formula is C19H19N3O2. The fraction of sp³-hybridized carbons (Fsp3) is 0.211. The van der Waals surface area contributed by atoms with Crippen molar-refractivity contribution < 1.29 is 4.79 Å². The standard InChI is InChI=1S/C19H19N3O2/c1-12-3-4-15-11-16(19(24)22-17(15)13(12)2)7-10-21-18(23)14-5-8-20-9-6-14/h3-6,8-9,11H,7,10H2,1-2H3,(H,21,23)(H,22,24). The molecule has 122 valence electrons. The highest BCUT2D eigenvalue weighted by molar-refractivity contribution is 5.93. The molecule has 24 heavy (non-hydrogen) atoms. The van der Waals surface area contributed by atoms with Crippen LogP contribution in [-0.2, 0) is 6.42 Å². The third-order valence-corrected chi connectivity index (χ3v) is 4.25. The van der Waals surface area contributed by atoms with Crippen LogP contribution in [0.2, 0.25) is 0 Å². The van der Waals surface area contributed by atoms with Crippen molar-refractivity contribution in [2.75, 3.05) is 6.54 Å². The summed E-state index contributed by atoms with van der Waals surface area (Å²) in [4.78, 5) is 31.1. The van der Waals surface area contributed by atoms with Crippen molar-refractivity contribution in [2.24, 2.45) is 0 Å². The number of benzene rings is 1. The zero-order valence-corrected chi connectivity index (χ0v) is 13.7. The number of aromatic amines is 1. The molecule has 5 heteroatoms. The van der Waals surface area contributed by atoms with Crippen LogP contribution in [0.3, 0.4) is 0 Å². The van der Waals surface area contributed by atoms with Crippen molar-refractivity contribution in [3.63, 3.8) is 0 Å². The number of H-pyrrole nitrogens is 1. The molecule has 0 aliphatic carbocycles. The Balaban J connectivity index is 1.74. The molecule has 5 nitrogen and oxygen atoms in total. The number of carbonyl (C=O) groups excluding carboxylic acids is 1. The number of hydrogen-bond acceptors (Lipinski definition) is 3. The first-order valence-corrected chi connectivity index (χ1v) is 7.86. The molecule has 0 aliphatic heterocycles. The van der Waals surface area contributed by atoms with Crippen molar-refractivity contribution in [2.45, 2.75) is 20.3 Å². The Morgan fingerprint density at radius 1 is 1.17 bits per heavy atom. The van der Waals surface area contributed by atoms with Crippen LogP contribution in [0.1, 0.15) is 27.0 Å². The van der Waals surface area contributed by atoms with E-state index in [2.05, 4.69) is 15.3 Å². The Morgan fingerprint density at radius 3 is 2.67 bits per heavy atom. The van der Waals surface area contributed by atoms with Gasteiger partial charge in [0.25, 0.3) is 11.5 Å². The van der Waals surface area contributed by atoms with E-state index in [1.54, 1.807) is 24.5 Å². The van der Waals surface area contributed by atoms with Crippen LogP contribution in [-0.4, -0.2) is 22.4 Å². The number of aryl methyl sites for hydroxylation is 2. The molecule has 3 aromatic rings. The second-order valence-corrected chi connectivity index (χ2v) is 5.84. The van der Waals surface area contributed by atoms with Crippen LogP contribution in [0.4, 0.5) is 0 Å². The van der Waals surface area contributed by atoms with Crippen molar-refractivity contribution in [1.82, 2.24) is 15.3 Å². The van der Waals surface area contributed by atoms with Gasteiger partial charge in [0.15, 0.2) is 0 Å². The molecule has 0 aliphatic rings. The average molecular weight is 321 g/mol. The maximum atomic E-state index is 12.3. The van der Waals surface area contributed by atoms with E-state index in [1.807, 2.05) is 32.0 Å². The van der Waals surface area contributed by atoms with Crippen LogP contribution in [0.25, 0.3) is 10.9 Å². The Kier molecular flexibility index (Phi) is 4.42. The highest BCUT2D eigenvalue weighted by Gasteiger charge is 2.08. The summed E-state index contributed by atoms with van der Waals surface area (Å²) in [5.41, 5.74) is 4.24. The third kappa shape index (κ3) is 3.20. The summed E-state index contributed by atoms with van der Waals surface area (Å²) in [6.07, 6.45) is 3.63. The number of carbonyl (C=O) groups is 1. The Bertz CT molecular complexity index is 946. The Hall–Kier alpha value is -2.95. The molecule has 0 atom stereocenters. The quantitative estimate of drug-likeness (QED) is 0.775. The monoisotopic (exact) mass is 321 g/mol. The summed E-state index contributed by atoms with van der Waals surface area (Å²) in [5, 5.41) is 3.83. The SMILES string of the molecule is Cc1ccc2cc(CCNC(=O)c3ccncc3)c(=O)[nH]c2c1C. The number of fused-ring (bicyclic) bond motifs is 1. The van der Waals surface area contributed by atoms with Crippen molar-refractivity contribution in [3.05, 3.63) is 75.3 Å². The maximum Gasteiger partial charge on any atom is 0.251 e. The van der Waals surface area contributed by atoms with Gasteiger partial charge in [-0.1, -0.05) is 12.1 Å². The van der Waals surface area contributed by atoms with E-state index in [0.29, 0.717) is 24.1 Å². The molecule has 0 radical (unpaired) electrons. The largest absolute Gasteiger partial charge is 0.352 e. The topological polar surface area (TPSA) is 74.8 Å². The predicted molar refractivity (Wildman–Crippen MR) is 94.3 cm³/mol. The van der Waals surface area contributed by atoms with Crippen molar-refractivity contribution in [1.29, 1.82) is 0 Å². The lowest BCUT2D eigenvalue weighted by Crippen LogP contribution is -2.27. The minimum atomic E-state index is -0.166. The summed E-state index contributed by atoms with van der Waals surface area (Å²) in [7, 11) is 0. The van der Waals surface area contributed by atoms with E-state index < -0.39 is 0 Å². The number of hydrogen-bond donors (Lipinski definition) is 2. The molecule has 2 N–H and O–H groups in total. The molecule has 0 bridgehead atoms. The van der Waals surface area contributed by atoms with E-state index in [-0.39, 0.29) is 11.5 Å². The number of nitrogens with one attached hydrogen (secondary N) is 2. The smallest absolute Gasteiger partial charge is 0.251 e. The van der Waals surface area contributed by atoms with Crippen molar-refractivity contribution in [3.8, 4) is 0 Å². The molecule has 0 saturated heterocycles. The van der Waals surface area contributed by atoms with E-state index in [4.69, 9.17) is 0 Å². The summed E-state index contributed by atoms with van der Waals surface area (Å²) < 4.78 is 0. The van der Waals surface area contributed by atoms with Gasteiger partial charge in [-0.3, -0.25) is 14.6 Å². The van der Waals surface area contributed by atoms with E-state index >= 15 is 0 Å². The zero-order valence-electron chi connectivity index (χ0n) is 13.7. The van der Waals surface area contributed by atoms with Crippen LogP contribution >= 0.6 is 0 Å². The number of nitrogens with zero attached hydrogens (tertiary/aromatic N) is 1. The van der Waals surface area contributed by atoms with Gasteiger partial charge < -0.3 is 10.3 Å². The molecule has 0 fully saturated rings. The van der Waals surface area contributed by atoms with Crippen LogP contribution in [0.15, 0.2) is 47.5 Å². The normalized spacial score (nSPS) is 10.8. The number of pyridine rings is 2. The second-order valence-electron chi connectivity index (χ2n) is 5.84. The van der Waals surface area contributed by atoms with Gasteiger partial charge in [0.2, 0.25) is 0 Å². The first-order chi connectivity index (χ1) is 11.6. The van der Waals surface area contributed by atoms with Crippen LogP contribution < -0.4 is 10.9 Å². The fourth-order valence-electron chi connectivity index (χ4n) is 2.67. The minimum absolute atomic E-state index is 0.102. The average Bonchev–Trinajstić information content (AvgIpc) is 2.60. The van der Waals surface area contributed by atoms with Gasteiger partial charge in [-0.05, 0) is 55.0 Å². The van der Waals surface area contributed by atoms with Gasteiger partial charge in [-0.2, -0.15) is 0 Å². The fourth-order valence-corrected chi connectivity index (χ4v) is 2.67. The summed E-state index contributed by atoms with van der Waals surface area (Å²) >= 11 is 0. The van der Waals surface area contributed by atoms with E-state index in [0.717, 1.165) is 22.0 Å². The number of amides is 1. The highest BCUT2D eigenvalue weighted by Crippen LogP contribution is 2.18. The lowest BCUT2D eigenvalue weighted by Gasteiger charge is -2.08. The lowest BCUT2D eigenvalue weighted by molar-refractivity contribution is 0.0954. The van der Waals surface area contributed by atoms with Gasteiger partial charge in [0.1, 0.15) is 0 Å². The first kappa shape index (κ1) is 15.9. The predicted octanol–water partition coefficient (Wildman–Crippen LogP) is 2.51. The third-order valence-electron chi connectivity index (χ3n) is 4.25. The molecule has 0 unspecified atom stereocenters. The molecule has 0 spiro atoms. The van der Waals surface area contributed by atoms with Crippen molar-refractivity contribution >= 4 is 16.8 Å². The van der Waals surface area contributed by atoms with Crippen LogP contribution in [0.5, 0.6) is 0 Å². The number of aromatic nitrogens is 2. The van der Waals surface area contributed by atoms with Gasteiger partial charge in [-0.15, -0.1) is 0 Å². The highest BCUT2D eigenvalue weighted by atomic mass is 16.1. The van der Waals surface area contributed by atoms with Gasteiger partial charge >= 0.3 is 0 Å². The summed E-state index contributed by atoms with van der Waals surface area (Å²) in [6.45, 7) is 4.43. The minimum Gasteiger partial charge on any atom is -0.352 e. The van der Waals surface area contributed by atoms with E-state index in [9.17, 15) is 9.59 Å². The second kappa shape index (κ2) is 6.66. The molecule has 0 saturated carbocycles. The lowest BCUT2D eigenvalue weighted by atomic mass is 10.0. The Labute approximate surface area is 139 Å². The molecular weight excluding hydrogens is 302 g/mol. The molecule has 2 aromatic heterocycles. The number of rotatable bonds is 4. The van der Waals surface area contributed by atoms with E-state index in [1.165, 1.54) is 0 Å². The zero-order chi connectivity index (χ0) is 17.1. The van der Waals surface area contributed by atoms with Gasteiger partial charge in [0, 0.05) is 30.1 Å². The Morgan fingerprint density at radius 2 is 1.92 bits per heavy atom. The van der Waals surface area contributed by atoms with Gasteiger partial charge in [-0.25, -0.2) is 0 Å². The maximum absolute atomic E-state index is 12.3. The first-order valence-electron chi connectivity index (χ1n) is 7.86. The summed E-state index contributed by atoms with van der Waals surface area (Å²) in [6, 6.07) is 9.27. The molecule has 3 rings (SSSR count). The molecule has 2 heterocycles. The van der Waals surface area contributed by atoms with Gasteiger partial charge in [0.05, 0.1) is 5.52 Å². The van der Waals surface area contributed by atoms with Crippen LogP contribution in [0, 0.1) is 13.8 Å². The summed E-state index contributed by atoms with van der Waals surface area (Å²) in [5.74, 6) is -0.166. The molecule has 1 amide bonds.